The van der Waals surface area contributed by atoms with E-state index in [2.05, 4.69) is 41.7 Å². The van der Waals surface area contributed by atoms with Crippen LogP contribution in [0, 0.1) is 40.4 Å². The summed E-state index contributed by atoms with van der Waals surface area (Å²) in [5.41, 5.74) is 2.11. The lowest BCUT2D eigenvalue weighted by molar-refractivity contribution is -0.132. The maximum atomic E-state index is 13.2. The van der Waals surface area contributed by atoms with Crippen LogP contribution < -0.4 is 10.5 Å². The van der Waals surface area contributed by atoms with Gasteiger partial charge in [0, 0.05) is 38.7 Å². The second-order valence-electron chi connectivity index (χ2n) is 14.0. The van der Waals surface area contributed by atoms with Crippen molar-refractivity contribution in [3.8, 4) is 0 Å². The average molecular weight is 537 g/mol. The molecule has 3 saturated carbocycles. The van der Waals surface area contributed by atoms with Crippen LogP contribution >= 0.6 is 0 Å². The molecule has 0 aromatic carbocycles. The summed E-state index contributed by atoms with van der Waals surface area (Å²) in [6.45, 7) is 10.3. The fourth-order valence-electron chi connectivity index (χ4n) is 10.0. The number of nitrogens with zero attached hydrogens (tertiary/aromatic N) is 3. The molecule has 7 heteroatoms. The Balaban J connectivity index is 1.04. The fraction of sp³-hybridized carbons (Fsp3) is 0.781. The van der Waals surface area contributed by atoms with Gasteiger partial charge in [-0.2, -0.15) is 0 Å². The zero-order chi connectivity index (χ0) is 27.4. The number of allylic oxidation sites excluding steroid dienone is 1. The van der Waals surface area contributed by atoms with E-state index in [1.165, 1.54) is 44.5 Å². The standard InChI is InChI=1S/C32H48N4O3/c1-21(4-9-30(39)36-16-14-35(15-17-36)28-19-29(38)34-20-33-28)25-7-8-26-24-6-5-22-18-23(37)10-12-31(22,2)27(24)11-13-32(25,26)3/h5,19-21,23-27,37H,4,6-18H2,1-3H3,(H,33,34,38)/t21-,23+,24+,25-,26+,27+,31+,32-/m1/s1. The van der Waals surface area contributed by atoms with Crippen LogP contribution in [0.2, 0.25) is 0 Å². The number of aromatic nitrogens is 2. The van der Waals surface area contributed by atoms with Gasteiger partial charge in [-0.15, -0.1) is 0 Å². The molecule has 2 heterocycles. The van der Waals surface area contributed by atoms with Gasteiger partial charge in [-0.05, 0) is 98.2 Å². The van der Waals surface area contributed by atoms with Crippen molar-refractivity contribution in [2.45, 2.75) is 91.1 Å². The summed E-state index contributed by atoms with van der Waals surface area (Å²) in [6.07, 6.45) is 15.0. The Labute approximate surface area is 233 Å². The number of aliphatic hydroxyl groups is 1. The van der Waals surface area contributed by atoms with Gasteiger partial charge >= 0.3 is 0 Å². The van der Waals surface area contributed by atoms with Crippen molar-refractivity contribution >= 4 is 11.7 Å². The average Bonchev–Trinajstić information content (AvgIpc) is 3.29. The molecule has 214 valence electrons. The molecular formula is C32H48N4O3. The van der Waals surface area contributed by atoms with Crippen molar-refractivity contribution in [2.75, 3.05) is 31.1 Å². The van der Waals surface area contributed by atoms with Crippen LogP contribution in [-0.4, -0.2) is 58.2 Å². The van der Waals surface area contributed by atoms with Gasteiger partial charge in [0.1, 0.15) is 5.82 Å². The quantitative estimate of drug-likeness (QED) is 0.529. The summed E-state index contributed by atoms with van der Waals surface area (Å²) in [5, 5.41) is 10.3. The third-order valence-electron chi connectivity index (χ3n) is 12.3. The summed E-state index contributed by atoms with van der Waals surface area (Å²) in [4.78, 5) is 35.7. The minimum atomic E-state index is -0.142. The largest absolute Gasteiger partial charge is 0.393 e. The predicted molar refractivity (Wildman–Crippen MR) is 153 cm³/mol. The molecule has 4 fully saturated rings. The van der Waals surface area contributed by atoms with Crippen LogP contribution in [0.5, 0.6) is 0 Å². The van der Waals surface area contributed by atoms with Crippen molar-refractivity contribution in [1.29, 1.82) is 0 Å². The molecule has 0 radical (unpaired) electrons. The Bertz CT molecular complexity index is 1160. The van der Waals surface area contributed by atoms with Crippen molar-refractivity contribution in [2.24, 2.45) is 40.4 Å². The lowest BCUT2D eigenvalue weighted by Crippen LogP contribution is -2.51. The second-order valence-corrected chi connectivity index (χ2v) is 14.0. The van der Waals surface area contributed by atoms with E-state index in [9.17, 15) is 14.7 Å². The highest BCUT2D eigenvalue weighted by molar-refractivity contribution is 5.76. The summed E-state index contributed by atoms with van der Waals surface area (Å²) >= 11 is 0. The van der Waals surface area contributed by atoms with Gasteiger partial charge < -0.3 is 19.9 Å². The van der Waals surface area contributed by atoms with E-state index in [4.69, 9.17) is 0 Å². The third kappa shape index (κ3) is 4.76. The van der Waals surface area contributed by atoms with E-state index in [0.29, 0.717) is 48.0 Å². The fourth-order valence-corrected chi connectivity index (χ4v) is 10.0. The molecule has 0 unspecified atom stereocenters. The number of fused-ring (bicyclic) bond motifs is 5. The first-order valence-electron chi connectivity index (χ1n) is 15.6. The monoisotopic (exact) mass is 536 g/mol. The number of carbonyl (C=O) groups excluding carboxylic acids is 1. The topological polar surface area (TPSA) is 89.5 Å². The van der Waals surface area contributed by atoms with Gasteiger partial charge in [0.2, 0.25) is 5.91 Å². The summed E-state index contributed by atoms with van der Waals surface area (Å²) in [7, 11) is 0. The Kier molecular flexibility index (Phi) is 7.18. The Hall–Kier alpha value is -2.15. The van der Waals surface area contributed by atoms with Crippen LogP contribution in [0.4, 0.5) is 5.82 Å². The zero-order valence-electron chi connectivity index (χ0n) is 24.2. The van der Waals surface area contributed by atoms with E-state index in [1.807, 2.05) is 4.90 Å². The molecule has 1 saturated heterocycles. The number of rotatable bonds is 5. The van der Waals surface area contributed by atoms with Gasteiger partial charge in [0.25, 0.3) is 5.56 Å². The van der Waals surface area contributed by atoms with Gasteiger partial charge in [-0.25, -0.2) is 4.98 Å². The Morgan fingerprint density at radius 2 is 1.92 bits per heavy atom. The molecule has 39 heavy (non-hydrogen) atoms. The molecule has 1 aromatic rings. The zero-order valence-corrected chi connectivity index (χ0v) is 24.2. The molecule has 0 spiro atoms. The van der Waals surface area contributed by atoms with Crippen molar-refractivity contribution in [3.63, 3.8) is 0 Å². The van der Waals surface area contributed by atoms with Gasteiger partial charge in [0.15, 0.2) is 0 Å². The minimum absolute atomic E-state index is 0.135. The number of amides is 1. The van der Waals surface area contributed by atoms with Crippen LogP contribution in [0.25, 0.3) is 0 Å². The molecular weight excluding hydrogens is 488 g/mol. The number of aromatic amines is 1. The normalized spacial score (nSPS) is 38.9. The summed E-state index contributed by atoms with van der Waals surface area (Å²) in [6, 6.07) is 1.53. The SMILES string of the molecule is C[C@H](CCC(=O)N1CCN(c2cc(=O)[nH]cn2)CC1)[C@H]1CC[C@H]2[C@@H]3CC=C4C[C@@H](O)CC[C@]4(C)[C@H]3CC[C@]12C. The first-order chi connectivity index (χ1) is 18.7. The van der Waals surface area contributed by atoms with Gasteiger partial charge in [-0.1, -0.05) is 32.4 Å². The number of H-pyrrole nitrogens is 1. The third-order valence-corrected chi connectivity index (χ3v) is 12.3. The van der Waals surface area contributed by atoms with Crippen molar-refractivity contribution in [3.05, 3.63) is 34.4 Å². The van der Waals surface area contributed by atoms with E-state index in [-0.39, 0.29) is 17.6 Å². The number of nitrogens with one attached hydrogen (secondary N) is 1. The number of hydrogen-bond donors (Lipinski definition) is 2. The van der Waals surface area contributed by atoms with Gasteiger partial charge in [-0.3, -0.25) is 9.59 Å². The lowest BCUT2D eigenvalue weighted by atomic mass is 9.47. The van der Waals surface area contributed by atoms with Gasteiger partial charge in [0.05, 0.1) is 12.4 Å². The maximum absolute atomic E-state index is 13.2. The summed E-state index contributed by atoms with van der Waals surface area (Å²) < 4.78 is 0. The highest BCUT2D eigenvalue weighted by Gasteiger charge is 2.59. The highest BCUT2D eigenvalue weighted by Crippen LogP contribution is 2.67. The second kappa shape index (κ2) is 10.4. The number of aliphatic hydroxyl groups excluding tert-OH is 1. The van der Waals surface area contributed by atoms with Crippen LogP contribution in [0.15, 0.2) is 28.8 Å². The number of piperazine rings is 1. The lowest BCUT2D eigenvalue weighted by Gasteiger charge is -2.58. The maximum Gasteiger partial charge on any atom is 0.252 e. The number of carbonyl (C=O) groups is 1. The number of anilines is 1. The van der Waals surface area contributed by atoms with Crippen LogP contribution in [-0.2, 0) is 4.79 Å². The molecule has 7 nitrogen and oxygen atoms in total. The Morgan fingerprint density at radius 1 is 1.13 bits per heavy atom. The van der Waals surface area contributed by atoms with Crippen molar-refractivity contribution in [1.82, 2.24) is 14.9 Å². The first-order valence-corrected chi connectivity index (χ1v) is 15.6. The van der Waals surface area contributed by atoms with E-state index < -0.39 is 0 Å². The molecule has 2 N–H and O–H groups in total. The minimum Gasteiger partial charge on any atom is -0.393 e. The molecule has 5 aliphatic rings. The first kappa shape index (κ1) is 27.0. The van der Waals surface area contributed by atoms with E-state index in [1.54, 1.807) is 5.57 Å². The van der Waals surface area contributed by atoms with Crippen LogP contribution in [0.1, 0.15) is 85.0 Å². The molecule has 1 amide bonds. The molecule has 6 rings (SSSR count). The van der Waals surface area contributed by atoms with E-state index >= 15 is 0 Å². The molecule has 4 aliphatic carbocycles. The highest BCUT2D eigenvalue weighted by atomic mass is 16.3. The molecule has 1 aliphatic heterocycles. The molecule has 1 aromatic heterocycles. The smallest absolute Gasteiger partial charge is 0.252 e. The van der Waals surface area contributed by atoms with Crippen LogP contribution in [0.3, 0.4) is 0 Å². The number of hydrogen-bond acceptors (Lipinski definition) is 5. The molecule has 8 atom stereocenters. The van der Waals surface area contributed by atoms with E-state index in [0.717, 1.165) is 56.5 Å². The Morgan fingerprint density at radius 3 is 2.69 bits per heavy atom. The van der Waals surface area contributed by atoms with Crippen molar-refractivity contribution < 1.29 is 9.90 Å². The molecule has 0 bridgehead atoms. The predicted octanol–water partition coefficient (Wildman–Crippen LogP) is 4.77. The summed E-state index contributed by atoms with van der Waals surface area (Å²) in [5.74, 6) is 4.62.